The van der Waals surface area contributed by atoms with Gasteiger partial charge in [0.05, 0.1) is 0 Å². The van der Waals surface area contributed by atoms with Crippen molar-refractivity contribution in [2.75, 3.05) is 12.3 Å². The number of aryl methyl sites for hydroxylation is 1. The van der Waals surface area contributed by atoms with Gasteiger partial charge in [-0.15, -0.1) is 0 Å². The van der Waals surface area contributed by atoms with Crippen LogP contribution in [0.25, 0.3) is 0 Å². The third kappa shape index (κ3) is 2.15. The quantitative estimate of drug-likeness (QED) is 0.690. The third-order valence-corrected chi connectivity index (χ3v) is 3.41. The number of anilines is 1. The van der Waals surface area contributed by atoms with Crippen molar-refractivity contribution in [2.45, 2.75) is 32.7 Å². The number of rotatable bonds is 1. The monoisotopic (exact) mass is 204 g/mol. The summed E-state index contributed by atoms with van der Waals surface area (Å²) in [6, 6.07) is 6.71. The Labute approximate surface area is 91.9 Å². The van der Waals surface area contributed by atoms with E-state index in [1.165, 1.54) is 24.0 Å². The first kappa shape index (κ1) is 10.5. The lowest BCUT2D eigenvalue weighted by Crippen LogP contribution is -2.33. The minimum atomic E-state index is 0.488. The number of piperidine rings is 1. The zero-order chi connectivity index (χ0) is 10.8. The normalized spacial score (nSPS) is 26.5. The van der Waals surface area contributed by atoms with Crippen molar-refractivity contribution in [3.05, 3.63) is 29.3 Å². The van der Waals surface area contributed by atoms with Gasteiger partial charge in [-0.25, -0.2) is 0 Å². The van der Waals surface area contributed by atoms with E-state index in [1.54, 1.807) is 0 Å². The summed E-state index contributed by atoms with van der Waals surface area (Å²) in [6.07, 6.45) is 2.60. The van der Waals surface area contributed by atoms with E-state index < -0.39 is 0 Å². The van der Waals surface area contributed by atoms with Gasteiger partial charge in [-0.2, -0.15) is 0 Å². The topological polar surface area (TPSA) is 38.0 Å². The molecule has 2 heteroatoms. The highest BCUT2D eigenvalue weighted by atomic mass is 14.9. The van der Waals surface area contributed by atoms with Gasteiger partial charge in [0, 0.05) is 11.7 Å². The molecule has 2 rings (SSSR count). The first-order valence-corrected chi connectivity index (χ1v) is 5.78. The van der Waals surface area contributed by atoms with E-state index in [1.807, 2.05) is 6.07 Å². The molecule has 1 heterocycles. The van der Waals surface area contributed by atoms with E-state index >= 15 is 0 Å². The molecule has 15 heavy (non-hydrogen) atoms. The average molecular weight is 204 g/mol. The Hall–Kier alpha value is -1.02. The Morgan fingerprint density at radius 1 is 1.40 bits per heavy atom. The second kappa shape index (κ2) is 4.23. The Morgan fingerprint density at radius 3 is 2.93 bits per heavy atom. The lowest BCUT2D eigenvalue weighted by molar-refractivity contribution is 0.305. The summed E-state index contributed by atoms with van der Waals surface area (Å²) in [6.45, 7) is 5.61. The van der Waals surface area contributed by atoms with Crippen molar-refractivity contribution >= 4 is 5.69 Å². The van der Waals surface area contributed by atoms with Gasteiger partial charge in [0.15, 0.2) is 0 Å². The molecule has 1 aliphatic rings. The van der Waals surface area contributed by atoms with Gasteiger partial charge in [-0.05, 0) is 55.5 Å². The van der Waals surface area contributed by atoms with E-state index in [0.717, 1.165) is 12.2 Å². The molecule has 0 aliphatic carbocycles. The molecule has 3 N–H and O–H groups in total. The summed E-state index contributed by atoms with van der Waals surface area (Å²) >= 11 is 0. The van der Waals surface area contributed by atoms with Crippen LogP contribution in [-0.4, -0.2) is 6.54 Å². The third-order valence-electron chi connectivity index (χ3n) is 3.41. The molecule has 1 fully saturated rings. The number of hydrogen-bond acceptors (Lipinski definition) is 2. The molecule has 1 aromatic carbocycles. The molecule has 0 spiro atoms. The van der Waals surface area contributed by atoms with E-state index in [-0.39, 0.29) is 0 Å². The average Bonchev–Trinajstić information content (AvgIpc) is 2.23. The van der Waals surface area contributed by atoms with Crippen LogP contribution in [0.2, 0.25) is 0 Å². The van der Waals surface area contributed by atoms with Crippen LogP contribution in [0.5, 0.6) is 0 Å². The number of benzene rings is 1. The van der Waals surface area contributed by atoms with Gasteiger partial charge < -0.3 is 11.1 Å². The minimum Gasteiger partial charge on any atom is -0.399 e. The van der Waals surface area contributed by atoms with Crippen LogP contribution in [0.15, 0.2) is 18.2 Å². The fourth-order valence-corrected chi connectivity index (χ4v) is 2.46. The highest BCUT2D eigenvalue weighted by molar-refractivity contribution is 5.45. The Bertz CT molecular complexity index is 346. The summed E-state index contributed by atoms with van der Waals surface area (Å²) in [5.74, 6) is 0.708. The minimum absolute atomic E-state index is 0.488. The smallest absolute Gasteiger partial charge is 0.0349 e. The van der Waals surface area contributed by atoms with E-state index in [0.29, 0.717) is 12.0 Å². The zero-order valence-electron chi connectivity index (χ0n) is 9.59. The molecule has 1 aromatic rings. The van der Waals surface area contributed by atoms with Crippen LogP contribution in [0.3, 0.4) is 0 Å². The van der Waals surface area contributed by atoms with Gasteiger partial charge >= 0.3 is 0 Å². The maximum absolute atomic E-state index is 5.85. The second-order valence-electron chi connectivity index (χ2n) is 4.67. The fraction of sp³-hybridized carbons (Fsp3) is 0.538. The first-order valence-electron chi connectivity index (χ1n) is 5.78. The Kier molecular flexibility index (Phi) is 2.96. The molecule has 82 valence electrons. The number of hydrogen-bond donors (Lipinski definition) is 2. The molecule has 0 amide bonds. The van der Waals surface area contributed by atoms with Crippen molar-refractivity contribution in [2.24, 2.45) is 5.92 Å². The second-order valence-corrected chi connectivity index (χ2v) is 4.67. The number of nitrogen functional groups attached to an aromatic ring is 1. The summed E-state index contributed by atoms with van der Waals surface area (Å²) in [4.78, 5) is 0. The predicted molar refractivity (Wildman–Crippen MR) is 64.7 cm³/mol. The Morgan fingerprint density at radius 2 is 2.20 bits per heavy atom. The first-order chi connectivity index (χ1) is 7.18. The highest BCUT2D eigenvalue weighted by Crippen LogP contribution is 2.31. The van der Waals surface area contributed by atoms with Crippen LogP contribution < -0.4 is 11.1 Å². The summed E-state index contributed by atoms with van der Waals surface area (Å²) < 4.78 is 0. The van der Waals surface area contributed by atoms with E-state index in [2.05, 4.69) is 31.3 Å². The lowest BCUT2D eigenvalue weighted by atomic mass is 9.86. The van der Waals surface area contributed by atoms with Crippen molar-refractivity contribution in [3.8, 4) is 0 Å². The van der Waals surface area contributed by atoms with Crippen molar-refractivity contribution in [3.63, 3.8) is 0 Å². The van der Waals surface area contributed by atoms with Gasteiger partial charge in [0.1, 0.15) is 0 Å². The van der Waals surface area contributed by atoms with Crippen molar-refractivity contribution in [1.29, 1.82) is 0 Å². The van der Waals surface area contributed by atoms with Crippen LogP contribution >= 0.6 is 0 Å². The van der Waals surface area contributed by atoms with Crippen molar-refractivity contribution < 1.29 is 0 Å². The molecular weight excluding hydrogens is 184 g/mol. The van der Waals surface area contributed by atoms with Crippen molar-refractivity contribution in [1.82, 2.24) is 5.32 Å². The molecule has 0 saturated carbocycles. The highest BCUT2D eigenvalue weighted by Gasteiger charge is 2.23. The summed E-state index contributed by atoms with van der Waals surface area (Å²) in [5.41, 5.74) is 9.44. The number of nitrogens with one attached hydrogen (secondary N) is 1. The lowest BCUT2D eigenvalue weighted by Gasteiger charge is -2.31. The summed E-state index contributed by atoms with van der Waals surface area (Å²) in [7, 11) is 0. The molecule has 1 aliphatic heterocycles. The molecular formula is C13H20N2. The molecule has 0 radical (unpaired) electrons. The molecule has 2 atom stereocenters. The standard InChI is InChI=1S/C13H20N2/c1-9-5-6-11(14)8-12(9)13-10(2)4-3-7-15-13/h5-6,8,10,13,15H,3-4,7,14H2,1-2H3. The SMILES string of the molecule is Cc1ccc(N)cc1C1NCCCC1C. The molecule has 2 unspecified atom stereocenters. The van der Waals surface area contributed by atoms with E-state index in [9.17, 15) is 0 Å². The van der Waals surface area contributed by atoms with Crippen LogP contribution in [0.4, 0.5) is 5.69 Å². The van der Waals surface area contributed by atoms with Crippen LogP contribution in [0.1, 0.15) is 36.9 Å². The molecule has 2 nitrogen and oxygen atoms in total. The number of nitrogens with two attached hydrogens (primary N) is 1. The van der Waals surface area contributed by atoms with E-state index in [4.69, 9.17) is 5.73 Å². The largest absolute Gasteiger partial charge is 0.399 e. The molecule has 0 bridgehead atoms. The van der Waals surface area contributed by atoms with Gasteiger partial charge in [0.2, 0.25) is 0 Å². The Balaban J connectivity index is 2.30. The summed E-state index contributed by atoms with van der Waals surface area (Å²) in [5, 5.41) is 3.60. The van der Waals surface area contributed by atoms with Gasteiger partial charge in [0.25, 0.3) is 0 Å². The maximum atomic E-state index is 5.85. The maximum Gasteiger partial charge on any atom is 0.0349 e. The van der Waals surface area contributed by atoms with Crippen LogP contribution in [-0.2, 0) is 0 Å². The van der Waals surface area contributed by atoms with Crippen LogP contribution in [0, 0.1) is 12.8 Å². The predicted octanol–water partition coefficient (Wildman–Crippen LogP) is 2.64. The van der Waals surface area contributed by atoms with Gasteiger partial charge in [-0.1, -0.05) is 13.0 Å². The zero-order valence-corrected chi connectivity index (χ0v) is 9.59. The molecule has 1 saturated heterocycles. The fourth-order valence-electron chi connectivity index (χ4n) is 2.46. The van der Waals surface area contributed by atoms with Gasteiger partial charge in [-0.3, -0.25) is 0 Å². The molecule has 0 aromatic heterocycles.